The van der Waals surface area contributed by atoms with E-state index in [1.54, 1.807) is 24.3 Å². The number of aromatic nitrogens is 1. The standard InChI is InChI=1S/C22H32N2O3S/c1-17-21(18(2)27-23-17)19-10-8-14-24(16-19)15-9-13-22(3,4)28(25,26)20-11-6-5-7-12-20/h5-7,11-12,19H,8-10,13-16H2,1-4H3. The molecule has 1 aliphatic rings. The summed E-state index contributed by atoms with van der Waals surface area (Å²) < 4.78 is 30.6. The molecule has 0 radical (unpaired) electrons. The molecule has 0 aliphatic carbocycles. The minimum Gasteiger partial charge on any atom is -0.361 e. The summed E-state index contributed by atoms with van der Waals surface area (Å²) in [6, 6.07) is 8.79. The van der Waals surface area contributed by atoms with Gasteiger partial charge in [-0.3, -0.25) is 0 Å². The van der Waals surface area contributed by atoms with Crippen LogP contribution in [0.25, 0.3) is 0 Å². The molecule has 0 spiro atoms. The lowest BCUT2D eigenvalue weighted by molar-refractivity contribution is 0.201. The van der Waals surface area contributed by atoms with Gasteiger partial charge in [-0.25, -0.2) is 8.42 Å². The Morgan fingerprint density at radius 1 is 1.21 bits per heavy atom. The highest BCUT2D eigenvalue weighted by Crippen LogP contribution is 2.33. The van der Waals surface area contributed by atoms with Gasteiger partial charge in [0, 0.05) is 18.0 Å². The lowest BCUT2D eigenvalue weighted by Gasteiger charge is -2.33. The number of nitrogens with zero attached hydrogens (tertiary/aromatic N) is 2. The van der Waals surface area contributed by atoms with Crippen molar-refractivity contribution >= 4 is 9.84 Å². The van der Waals surface area contributed by atoms with Gasteiger partial charge in [0.05, 0.1) is 15.3 Å². The summed E-state index contributed by atoms with van der Waals surface area (Å²) in [4.78, 5) is 2.88. The molecule has 1 aromatic carbocycles. The minimum absolute atomic E-state index is 0.413. The van der Waals surface area contributed by atoms with Crippen molar-refractivity contribution in [1.29, 1.82) is 0 Å². The summed E-state index contributed by atoms with van der Waals surface area (Å²) in [6.45, 7) is 10.7. The maximum atomic E-state index is 13.0. The van der Waals surface area contributed by atoms with Crippen LogP contribution in [-0.2, 0) is 9.84 Å². The third-order valence-corrected chi connectivity index (χ3v) is 8.59. The van der Waals surface area contributed by atoms with Crippen molar-refractivity contribution < 1.29 is 12.9 Å². The van der Waals surface area contributed by atoms with E-state index >= 15 is 0 Å². The van der Waals surface area contributed by atoms with Crippen molar-refractivity contribution in [2.45, 2.75) is 68.9 Å². The highest BCUT2D eigenvalue weighted by atomic mass is 32.2. The van der Waals surface area contributed by atoms with Crippen LogP contribution in [0.2, 0.25) is 0 Å². The Morgan fingerprint density at radius 2 is 1.93 bits per heavy atom. The van der Waals surface area contributed by atoms with E-state index < -0.39 is 14.6 Å². The molecular formula is C22H32N2O3S. The van der Waals surface area contributed by atoms with Crippen LogP contribution >= 0.6 is 0 Å². The van der Waals surface area contributed by atoms with Gasteiger partial charge >= 0.3 is 0 Å². The number of aryl methyl sites for hydroxylation is 2. The number of hydrogen-bond donors (Lipinski definition) is 0. The Balaban J connectivity index is 1.58. The van der Waals surface area contributed by atoms with Gasteiger partial charge in [0.1, 0.15) is 5.76 Å². The first-order chi connectivity index (χ1) is 13.2. The first-order valence-electron chi connectivity index (χ1n) is 10.2. The van der Waals surface area contributed by atoms with Gasteiger partial charge in [0.2, 0.25) is 0 Å². The number of likely N-dealkylation sites (tertiary alicyclic amines) is 1. The van der Waals surface area contributed by atoms with E-state index in [-0.39, 0.29) is 0 Å². The average Bonchev–Trinajstić information content (AvgIpc) is 3.01. The zero-order valence-corrected chi connectivity index (χ0v) is 18.3. The molecule has 1 unspecified atom stereocenters. The second kappa shape index (κ2) is 8.37. The molecule has 1 aliphatic heterocycles. The van der Waals surface area contributed by atoms with Gasteiger partial charge in [-0.1, -0.05) is 23.4 Å². The van der Waals surface area contributed by atoms with Gasteiger partial charge in [0.15, 0.2) is 9.84 Å². The lowest BCUT2D eigenvalue weighted by atomic mass is 9.89. The molecule has 1 fully saturated rings. The minimum atomic E-state index is -3.34. The lowest BCUT2D eigenvalue weighted by Crippen LogP contribution is -2.37. The van der Waals surface area contributed by atoms with Gasteiger partial charge < -0.3 is 9.42 Å². The van der Waals surface area contributed by atoms with Crippen LogP contribution in [0.3, 0.4) is 0 Å². The summed E-state index contributed by atoms with van der Waals surface area (Å²) in [7, 11) is -3.34. The summed E-state index contributed by atoms with van der Waals surface area (Å²) in [6.07, 6.45) is 3.83. The molecule has 28 heavy (non-hydrogen) atoms. The SMILES string of the molecule is Cc1noc(C)c1C1CCCN(CCCC(C)(C)S(=O)(=O)c2ccccc2)C1. The molecule has 2 heterocycles. The van der Waals surface area contributed by atoms with Crippen LogP contribution < -0.4 is 0 Å². The average molecular weight is 405 g/mol. The zero-order chi connectivity index (χ0) is 20.4. The van der Waals surface area contributed by atoms with Crippen molar-refractivity contribution in [3.05, 3.63) is 47.3 Å². The Labute approximate surface area is 169 Å². The second-order valence-corrected chi connectivity index (χ2v) is 11.1. The molecule has 5 nitrogen and oxygen atoms in total. The fourth-order valence-corrected chi connectivity index (χ4v) is 5.92. The summed E-state index contributed by atoms with van der Waals surface area (Å²) in [5.74, 6) is 1.39. The Hall–Kier alpha value is -1.66. The van der Waals surface area contributed by atoms with Gasteiger partial charge in [-0.05, 0) is 78.6 Å². The van der Waals surface area contributed by atoms with Crippen LogP contribution in [0.5, 0.6) is 0 Å². The van der Waals surface area contributed by atoms with Crippen LogP contribution in [0.4, 0.5) is 0 Å². The molecule has 1 atom stereocenters. The molecular weight excluding hydrogens is 372 g/mol. The predicted molar refractivity (Wildman–Crippen MR) is 111 cm³/mol. The van der Waals surface area contributed by atoms with Crippen molar-refractivity contribution in [2.24, 2.45) is 0 Å². The number of rotatable bonds is 7. The first-order valence-corrected chi connectivity index (χ1v) is 11.7. The van der Waals surface area contributed by atoms with Crippen LogP contribution in [0, 0.1) is 13.8 Å². The number of sulfone groups is 1. The molecule has 0 bridgehead atoms. The van der Waals surface area contributed by atoms with E-state index in [0.717, 1.165) is 50.4 Å². The topological polar surface area (TPSA) is 63.4 Å². The number of piperidine rings is 1. The highest BCUT2D eigenvalue weighted by Gasteiger charge is 2.35. The fraction of sp³-hybridized carbons (Fsp3) is 0.591. The third-order valence-electron chi connectivity index (χ3n) is 6.04. The summed E-state index contributed by atoms with van der Waals surface area (Å²) >= 11 is 0. The van der Waals surface area contributed by atoms with Gasteiger partial charge in [-0.15, -0.1) is 0 Å². The highest BCUT2D eigenvalue weighted by molar-refractivity contribution is 7.92. The Kier molecular flexibility index (Phi) is 6.30. The fourth-order valence-electron chi connectivity index (χ4n) is 4.35. The molecule has 0 amide bonds. The smallest absolute Gasteiger partial charge is 0.183 e. The third kappa shape index (κ3) is 4.33. The van der Waals surface area contributed by atoms with E-state index in [4.69, 9.17) is 4.52 Å². The van der Waals surface area contributed by atoms with Crippen molar-refractivity contribution in [3.63, 3.8) is 0 Å². The van der Waals surface area contributed by atoms with E-state index in [9.17, 15) is 8.42 Å². The molecule has 6 heteroatoms. The summed E-state index contributed by atoms with van der Waals surface area (Å²) in [5.41, 5.74) is 2.26. The normalized spacial score (nSPS) is 19.1. The van der Waals surface area contributed by atoms with Crippen LogP contribution in [0.1, 0.15) is 62.5 Å². The van der Waals surface area contributed by atoms with Crippen molar-refractivity contribution in [1.82, 2.24) is 10.1 Å². The predicted octanol–water partition coefficient (Wildman–Crippen LogP) is 4.50. The second-order valence-electron chi connectivity index (χ2n) is 8.56. The maximum absolute atomic E-state index is 13.0. The van der Waals surface area contributed by atoms with Crippen LogP contribution in [0.15, 0.2) is 39.8 Å². The molecule has 0 N–H and O–H groups in total. The largest absolute Gasteiger partial charge is 0.361 e. The zero-order valence-electron chi connectivity index (χ0n) is 17.4. The molecule has 1 aromatic heterocycles. The van der Waals surface area contributed by atoms with Crippen molar-refractivity contribution in [2.75, 3.05) is 19.6 Å². The molecule has 2 aromatic rings. The Morgan fingerprint density at radius 3 is 2.57 bits per heavy atom. The molecule has 154 valence electrons. The maximum Gasteiger partial charge on any atom is 0.183 e. The molecule has 0 saturated carbocycles. The quantitative estimate of drug-likeness (QED) is 0.680. The first kappa shape index (κ1) is 21.1. The number of benzene rings is 1. The van der Waals surface area contributed by atoms with Gasteiger partial charge in [-0.2, -0.15) is 0 Å². The van der Waals surface area contributed by atoms with E-state index in [2.05, 4.69) is 10.1 Å². The number of hydrogen-bond acceptors (Lipinski definition) is 5. The molecule has 1 saturated heterocycles. The van der Waals surface area contributed by atoms with E-state index in [1.165, 1.54) is 5.56 Å². The monoisotopic (exact) mass is 404 g/mol. The van der Waals surface area contributed by atoms with Gasteiger partial charge in [0.25, 0.3) is 0 Å². The van der Waals surface area contributed by atoms with E-state index in [0.29, 0.717) is 17.2 Å². The molecule has 3 rings (SSSR count). The van der Waals surface area contributed by atoms with Crippen molar-refractivity contribution in [3.8, 4) is 0 Å². The van der Waals surface area contributed by atoms with E-state index in [1.807, 2.05) is 33.8 Å². The van der Waals surface area contributed by atoms with Crippen LogP contribution in [-0.4, -0.2) is 42.9 Å². The summed E-state index contributed by atoms with van der Waals surface area (Å²) in [5, 5.41) is 4.11. The Bertz CT molecular complexity index is 868.